The molecule has 1 unspecified atom stereocenters. The minimum absolute atomic E-state index is 0.154. The van der Waals surface area contributed by atoms with E-state index in [0.29, 0.717) is 24.8 Å². The number of aromatic amines is 1. The van der Waals surface area contributed by atoms with Crippen molar-refractivity contribution >= 4 is 12.0 Å². The number of aromatic nitrogens is 2. The predicted octanol–water partition coefficient (Wildman–Crippen LogP) is 0.131. The Balaban J connectivity index is 1.64. The van der Waals surface area contributed by atoms with Crippen LogP contribution in [-0.2, 0) is 16.0 Å². The molecule has 0 bridgehead atoms. The number of nitrogens with zero attached hydrogens (tertiary/aromatic N) is 1. The second kappa shape index (κ2) is 7.63. The number of hydrogen-bond acceptors (Lipinski definition) is 4. The Morgan fingerprint density at radius 1 is 1.52 bits per heavy atom. The van der Waals surface area contributed by atoms with Crippen LogP contribution in [0.4, 0.5) is 4.79 Å². The molecular weight excluding hydrogens is 276 g/mol. The van der Waals surface area contributed by atoms with Crippen LogP contribution in [0.2, 0.25) is 0 Å². The van der Waals surface area contributed by atoms with Crippen LogP contribution >= 0.6 is 0 Å². The van der Waals surface area contributed by atoms with E-state index in [2.05, 4.69) is 20.6 Å². The first kappa shape index (κ1) is 15.3. The number of aliphatic carboxylic acids is 1. The van der Waals surface area contributed by atoms with Crippen LogP contribution in [0.15, 0.2) is 12.5 Å². The van der Waals surface area contributed by atoms with Gasteiger partial charge in [-0.3, -0.25) is 0 Å². The van der Waals surface area contributed by atoms with Gasteiger partial charge in [0.05, 0.1) is 12.9 Å². The smallest absolute Gasteiger partial charge is 0.326 e. The number of imidazole rings is 1. The molecule has 0 aliphatic heterocycles. The Kier molecular flexibility index (Phi) is 5.56. The zero-order chi connectivity index (χ0) is 15.1. The molecule has 1 aliphatic carbocycles. The van der Waals surface area contributed by atoms with Crippen LogP contribution in [0, 0.1) is 5.92 Å². The molecule has 116 valence electrons. The van der Waals surface area contributed by atoms with Gasteiger partial charge in [0, 0.05) is 31.5 Å². The average Bonchev–Trinajstić information content (AvgIpc) is 3.12. The monoisotopic (exact) mass is 296 g/mol. The van der Waals surface area contributed by atoms with Crippen molar-refractivity contribution in [2.24, 2.45) is 5.92 Å². The summed E-state index contributed by atoms with van der Waals surface area (Å²) in [5.74, 6) is -0.408. The van der Waals surface area contributed by atoms with Gasteiger partial charge in [-0.15, -0.1) is 0 Å². The van der Waals surface area contributed by atoms with Crippen LogP contribution in [-0.4, -0.2) is 52.9 Å². The molecule has 21 heavy (non-hydrogen) atoms. The maximum atomic E-state index is 11.6. The standard InChI is InChI=1S/C13H20N4O4/c18-12(19)11(5-10-6-14-8-16-10)17-13(20)15-3-4-21-7-9-1-2-9/h6,8-9,11H,1-5,7H2,(H,14,16)(H,18,19)(H2,15,17,20). The van der Waals surface area contributed by atoms with Crippen LogP contribution < -0.4 is 10.6 Å². The van der Waals surface area contributed by atoms with E-state index >= 15 is 0 Å². The third-order valence-electron chi connectivity index (χ3n) is 3.16. The van der Waals surface area contributed by atoms with E-state index in [4.69, 9.17) is 9.84 Å². The summed E-state index contributed by atoms with van der Waals surface area (Å²) in [4.78, 5) is 29.4. The molecule has 2 amide bonds. The first-order valence-electron chi connectivity index (χ1n) is 6.97. The van der Waals surface area contributed by atoms with Crippen molar-refractivity contribution in [2.75, 3.05) is 19.8 Å². The van der Waals surface area contributed by atoms with Crippen molar-refractivity contribution in [3.8, 4) is 0 Å². The highest BCUT2D eigenvalue weighted by Gasteiger charge is 2.22. The summed E-state index contributed by atoms with van der Waals surface area (Å²) in [7, 11) is 0. The number of hydrogen-bond donors (Lipinski definition) is 4. The molecule has 0 spiro atoms. The largest absolute Gasteiger partial charge is 0.480 e. The second-order valence-corrected chi connectivity index (χ2v) is 5.09. The van der Waals surface area contributed by atoms with Gasteiger partial charge < -0.3 is 25.5 Å². The summed E-state index contributed by atoms with van der Waals surface area (Å²) in [5, 5.41) is 14.1. The van der Waals surface area contributed by atoms with Crippen molar-refractivity contribution in [3.63, 3.8) is 0 Å². The zero-order valence-electron chi connectivity index (χ0n) is 11.7. The normalized spacial score (nSPS) is 15.4. The van der Waals surface area contributed by atoms with Gasteiger partial charge in [0.2, 0.25) is 0 Å². The lowest BCUT2D eigenvalue weighted by molar-refractivity contribution is -0.139. The van der Waals surface area contributed by atoms with E-state index in [1.54, 1.807) is 0 Å². The van der Waals surface area contributed by atoms with Crippen molar-refractivity contribution < 1.29 is 19.4 Å². The van der Waals surface area contributed by atoms with E-state index in [0.717, 1.165) is 6.61 Å². The van der Waals surface area contributed by atoms with Gasteiger partial charge in [-0.25, -0.2) is 14.6 Å². The van der Waals surface area contributed by atoms with Crippen LogP contribution in [0.25, 0.3) is 0 Å². The summed E-state index contributed by atoms with van der Waals surface area (Å²) in [6, 6.07) is -1.52. The minimum Gasteiger partial charge on any atom is -0.480 e. The van der Waals surface area contributed by atoms with E-state index in [1.807, 2.05) is 0 Å². The van der Waals surface area contributed by atoms with Crippen molar-refractivity contribution in [3.05, 3.63) is 18.2 Å². The molecule has 1 aromatic heterocycles. The molecule has 0 radical (unpaired) electrons. The van der Waals surface area contributed by atoms with Gasteiger partial charge in [-0.1, -0.05) is 0 Å². The number of urea groups is 1. The number of carbonyl (C=O) groups excluding carboxylic acids is 1. The van der Waals surface area contributed by atoms with Gasteiger partial charge in [0.15, 0.2) is 0 Å². The highest BCUT2D eigenvalue weighted by Crippen LogP contribution is 2.28. The third kappa shape index (κ3) is 5.82. The fourth-order valence-corrected chi connectivity index (χ4v) is 1.80. The highest BCUT2D eigenvalue weighted by molar-refractivity contribution is 5.82. The van der Waals surface area contributed by atoms with E-state index in [-0.39, 0.29) is 6.42 Å². The zero-order valence-corrected chi connectivity index (χ0v) is 11.7. The predicted molar refractivity (Wildman–Crippen MR) is 73.8 cm³/mol. The van der Waals surface area contributed by atoms with E-state index < -0.39 is 18.0 Å². The quantitative estimate of drug-likeness (QED) is 0.483. The summed E-state index contributed by atoms with van der Waals surface area (Å²) in [5.41, 5.74) is 0.649. The van der Waals surface area contributed by atoms with Crippen molar-refractivity contribution in [2.45, 2.75) is 25.3 Å². The number of ether oxygens (including phenoxy) is 1. The van der Waals surface area contributed by atoms with Gasteiger partial charge in [-0.2, -0.15) is 0 Å². The van der Waals surface area contributed by atoms with Gasteiger partial charge in [-0.05, 0) is 18.8 Å². The molecule has 0 aromatic carbocycles. The average molecular weight is 296 g/mol. The summed E-state index contributed by atoms with van der Waals surface area (Å²) < 4.78 is 5.37. The maximum Gasteiger partial charge on any atom is 0.326 e. The number of carboxylic acids is 1. The summed E-state index contributed by atoms with van der Waals surface area (Å²) >= 11 is 0. The molecule has 1 atom stereocenters. The van der Waals surface area contributed by atoms with Crippen LogP contribution in [0.3, 0.4) is 0 Å². The lowest BCUT2D eigenvalue weighted by Crippen LogP contribution is -2.47. The van der Waals surface area contributed by atoms with Crippen molar-refractivity contribution in [1.82, 2.24) is 20.6 Å². The fraction of sp³-hybridized carbons (Fsp3) is 0.615. The molecule has 1 fully saturated rings. The van der Waals surface area contributed by atoms with Crippen LogP contribution in [0.1, 0.15) is 18.5 Å². The summed E-state index contributed by atoms with van der Waals surface area (Å²) in [6.07, 6.45) is 5.59. The van der Waals surface area contributed by atoms with E-state index in [9.17, 15) is 9.59 Å². The first-order valence-corrected chi connectivity index (χ1v) is 6.97. The number of nitrogens with one attached hydrogen (secondary N) is 3. The molecule has 0 saturated heterocycles. The molecule has 4 N–H and O–H groups in total. The molecular formula is C13H20N4O4. The second-order valence-electron chi connectivity index (χ2n) is 5.09. The molecule has 1 aliphatic rings. The van der Waals surface area contributed by atoms with Crippen molar-refractivity contribution in [1.29, 1.82) is 0 Å². The van der Waals surface area contributed by atoms with E-state index in [1.165, 1.54) is 25.4 Å². The highest BCUT2D eigenvalue weighted by atomic mass is 16.5. The van der Waals surface area contributed by atoms with Crippen LogP contribution in [0.5, 0.6) is 0 Å². The Morgan fingerprint density at radius 2 is 2.33 bits per heavy atom. The Hall–Kier alpha value is -2.09. The summed E-state index contributed by atoms with van der Waals surface area (Å²) in [6.45, 7) is 1.53. The molecule has 8 heteroatoms. The minimum atomic E-state index is -1.09. The van der Waals surface area contributed by atoms with Gasteiger partial charge >= 0.3 is 12.0 Å². The number of carbonyl (C=O) groups is 2. The molecule has 1 aromatic rings. The van der Waals surface area contributed by atoms with Gasteiger partial charge in [0.25, 0.3) is 0 Å². The molecule has 1 heterocycles. The number of amides is 2. The maximum absolute atomic E-state index is 11.6. The first-order chi connectivity index (χ1) is 10.1. The van der Waals surface area contributed by atoms with Gasteiger partial charge in [0.1, 0.15) is 6.04 Å². The topological polar surface area (TPSA) is 116 Å². The molecule has 2 rings (SSSR count). The number of carboxylic acid groups (broad SMARTS) is 1. The SMILES string of the molecule is O=C(NCCOCC1CC1)NC(Cc1cnc[nH]1)C(=O)O. The molecule has 8 nitrogen and oxygen atoms in total. The third-order valence-corrected chi connectivity index (χ3v) is 3.16. The number of rotatable bonds is 9. The Labute approximate surface area is 122 Å². The molecule has 1 saturated carbocycles. The Bertz CT molecular complexity index is 459. The lowest BCUT2D eigenvalue weighted by Gasteiger charge is -2.14. The fourth-order valence-electron chi connectivity index (χ4n) is 1.80. The number of H-pyrrole nitrogens is 1. The lowest BCUT2D eigenvalue weighted by atomic mass is 10.2. The Morgan fingerprint density at radius 3 is 2.95 bits per heavy atom.